The van der Waals surface area contributed by atoms with Crippen molar-refractivity contribution in [3.63, 3.8) is 0 Å². The molecule has 4 aliphatic heterocycles. The molecule has 18 heteroatoms. The molecular formula is C44H52ClN10O6P. The summed E-state index contributed by atoms with van der Waals surface area (Å²) < 4.78 is 18.7. The molecule has 4 aliphatic rings. The lowest BCUT2D eigenvalue weighted by molar-refractivity contribution is -0.136. The topological polar surface area (TPSA) is 181 Å². The van der Waals surface area contributed by atoms with Gasteiger partial charge in [-0.1, -0.05) is 23.7 Å². The summed E-state index contributed by atoms with van der Waals surface area (Å²) in [6.45, 7) is 11.1. The standard InChI is InChI=1S/C44H52ClN10O6P/c1-61-37-26-30(10-12-34(37)49-44-47-27-33(45)40(51-44)48-35-7-4-5-8-38(35)62(2,3)60)53-19-15-29(16-20-53)54-23-21-52(22-24-54)18-6-17-46-28-9-11-31-32(25-28)43(59)55(42(31)58)36-13-14-39(56)50-41(36)57/h4-5,7-12,25-27,29,36,46H,6,13-24H2,1-3H3,(H,50,56,57)(H2,47,48,49,51). The van der Waals surface area contributed by atoms with Gasteiger partial charge < -0.3 is 35.1 Å². The third-order valence-corrected chi connectivity index (χ3v) is 13.9. The van der Waals surface area contributed by atoms with Gasteiger partial charge in [0.1, 0.15) is 24.0 Å². The molecule has 5 heterocycles. The van der Waals surface area contributed by atoms with Crippen LogP contribution in [0.25, 0.3) is 0 Å². The first-order chi connectivity index (χ1) is 29.9. The van der Waals surface area contributed by atoms with Crippen molar-refractivity contribution in [3.8, 4) is 5.75 Å². The van der Waals surface area contributed by atoms with Crippen LogP contribution in [-0.2, 0) is 14.2 Å². The van der Waals surface area contributed by atoms with Crippen molar-refractivity contribution in [2.45, 2.75) is 44.2 Å². The lowest BCUT2D eigenvalue weighted by atomic mass is 10.0. The summed E-state index contributed by atoms with van der Waals surface area (Å²) in [7, 11) is -0.904. The van der Waals surface area contributed by atoms with Gasteiger partial charge in [0, 0.05) is 81.0 Å². The number of piperazine rings is 1. The van der Waals surface area contributed by atoms with E-state index in [1.54, 1.807) is 38.6 Å². The van der Waals surface area contributed by atoms with E-state index in [9.17, 15) is 23.7 Å². The summed E-state index contributed by atoms with van der Waals surface area (Å²) in [5, 5.41) is 13.2. The molecule has 0 aliphatic carbocycles. The molecule has 0 radical (unpaired) electrons. The molecule has 0 spiro atoms. The SMILES string of the molecule is COc1cc(N2CCC(N3CCN(CCCNc4ccc5c(c4)C(=O)N(C4CCC(=O)NC4=O)C5=O)CC3)CC2)ccc1Nc1ncc(Cl)c(Nc2ccccc2P(C)(C)=O)n1. The number of halogens is 1. The number of ether oxygens (including phenoxy) is 1. The van der Waals surface area contributed by atoms with Gasteiger partial charge in [-0.05, 0) is 88.0 Å². The van der Waals surface area contributed by atoms with E-state index >= 15 is 0 Å². The number of hydrogen-bond acceptors (Lipinski definition) is 14. The number of para-hydroxylation sites is 1. The number of amides is 4. The van der Waals surface area contributed by atoms with Crippen molar-refractivity contribution in [3.05, 3.63) is 83.0 Å². The first-order valence-electron chi connectivity index (χ1n) is 21.1. The summed E-state index contributed by atoms with van der Waals surface area (Å²) in [4.78, 5) is 67.7. The van der Waals surface area contributed by atoms with Crippen molar-refractivity contribution >= 4 is 82.2 Å². The van der Waals surface area contributed by atoms with E-state index in [1.165, 1.54) is 6.20 Å². The third kappa shape index (κ3) is 9.43. The van der Waals surface area contributed by atoms with Gasteiger partial charge >= 0.3 is 0 Å². The van der Waals surface area contributed by atoms with Crippen molar-refractivity contribution in [1.82, 2.24) is 30.0 Å². The van der Waals surface area contributed by atoms with Crippen LogP contribution in [0.15, 0.2) is 66.9 Å². The number of nitrogens with zero attached hydrogens (tertiary/aromatic N) is 6. The summed E-state index contributed by atoms with van der Waals surface area (Å²) in [6, 6.07) is 18.2. The summed E-state index contributed by atoms with van der Waals surface area (Å²) in [5.74, 6) is -0.606. The second-order valence-electron chi connectivity index (χ2n) is 16.5. The lowest BCUT2D eigenvalue weighted by Gasteiger charge is -2.43. The number of fused-ring (bicyclic) bond motifs is 1. The van der Waals surface area contributed by atoms with Gasteiger partial charge in [0.15, 0.2) is 5.82 Å². The van der Waals surface area contributed by atoms with Crippen LogP contribution in [0.4, 0.5) is 34.5 Å². The predicted octanol–water partition coefficient (Wildman–Crippen LogP) is 5.36. The number of piperidine rings is 2. The first-order valence-corrected chi connectivity index (χ1v) is 24.0. The van der Waals surface area contributed by atoms with Crippen LogP contribution >= 0.6 is 18.7 Å². The Morgan fingerprint density at radius 3 is 2.37 bits per heavy atom. The van der Waals surface area contributed by atoms with Crippen LogP contribution in [-0.4, -0.2) is 133 Å². The Labute approximate surface area is 366 Å². The highest BCUT2D eigenvalue weighted by Gasteiger charge is 2.44. The highest BCUT2D eigenvalue weighted by atomic mass is 35.5. The maximum absolute atomic E-state index is 13.2. The molecule has 3 aromatic carbocycles. The Morgan fingerprint density at radius 2 is 1.63 bits per heavy atom. The molecule has 4 aromatic rings. The fourth-order valence-electron chi connectivity index (χ4n) is 8.75. The highest BCUT2D eigenvalue weighted by Crippen LogP contribution is 2.39. The number of benzene rings is 3. The van der Waals surface area contributed by atoms with Gasteiger partial charge in [-0.25, -0.2) is 4.98 Å². The van der Waals surface area contributed by atoms with Gasteiger partial charge in [-0.2, -0.15) is 4.98 Å². The Balaban J connectivity index is 0.775. The Kier molecular flexibility index (Phi) is 12.8. The molecule has 3 saturated heterocycles. The molecule has 4 amide bonds. The molecule has 8 rings (SSSR count). The van der Waals surface area contributed by atoms with E-state index in [2.05, 4.69) is 52.0 Å². The van der Waals surface area contributed by atoms with Gasteiger partial charge in [0.05, 0.1) is 35.8 Å². The maximum Gasteiger partial charge on any atom is 0.262 e. The molecule has 0 bridgehead atoms. The number of aromatic nitrogens is 2. The van der Waals surface area contributed by atoms with E-state index in [0.29, 0.717) is 46.1 Å². The molecule has 326 valence electrons. The molecule has 3 fully saturated rings. The minimum absolute atomic E-state index is 0.0891. The Morgan fingerprint density at radius 1 is 0.871 bits per heavy atom. The molecule has 1 atom stereocenters. The number of rotatable bonds is 14. The third-order valence-electron chi connectivity index (χ3n) is 12.1. The van der Waals surface area contributed by atoms with E-state index in [-0.39, 0.29) is 24.0 Å². The zero-order chi connectivity index (χ0) is 43.5. The van der Waals surface area contributed by atoms with Gasteiger partial charge in [-0.3, -0.25) is 34.3 Å². The zero-order valence-corrected chi connectivity index (χ0v) is 36.8. The lowest BCUT2D eigenvalue weighted by Crippen LogP contribution is -2.54. The van der Waals surface area contributed by atoms with E-state index in [4.69, 9.17) is 16.3 Å². The smallest absolute Gasteiger partial charge is 0.262 e. The molecular weight excluding hydrogens is 831 g/mol. The second-order valence-corrected chi connectivity index (χ2v) is 20.1. The van der Waals surface area contributed by atoms with Crippen LogP contribution in [0.2, 0.25) is 5.02 Å². The van der Waals surface area contributed by atoms with Crippen molar-refractivity contribution in [2.24, 2.45) is 0 Å². The Hall–Kier alpha value is -5.54. The number of imide groups is 2. The fourth-order valence-corrected chi connectivity index (χ4v) is 10.0. The number of nitrogens with one attached hydrogen (secondary N) is 4. The van der Waals surface area contributed by atoms with Crippen LogP contribution in [0.1, 0.15) is 52.8 Å². The van der Waals surface area contributed by atoms with Crippen molar-refractivity contribution < 1.29 is 28.5 Å². The second kappa shape index (κ2) is 18.4. The molecule has 1 unspecified atom stereocenters. The minimum atomic E-state index is -2.55. The van der Waals surface area contributed by atoms with Crippen LogP contribution in [0.5, 0.6) is 5.75 Å². The molecule has 0 saturated carbocycles. The average molecular weight is 883 g/mol. The minimum Gasteiger partial charge on any atom is -0.494 e. The predicted molar refractivity (Wildman–Crippen MR) is 242 cm³/mol. The quantitative estimate of drug-likeness (QED) is 0.0722. The van der Waals surface area contributed by atoms with E-state index in [1.807, 2.05) is 36.4 Å². The molecule has 1 aromatic heterocycles. The number of hydrogen-bond donors (Lipinski definition) is 4. The van der Waals surface area contributed by atoms with Crippen LogP contribution in [0, 0.1) is 0 Å². The summed E-state index contributed by atoms with van der Waals surface area (Å²) >= 11 is 6.48. The Bertz CT molecular complexity index is 2410. The maximum atomic E-state index is 13.2. The van der Waals surface area contributed by atoms with Gasteiger partial charge in [-0.15, -0.1) is 0 Å². The zero-order valence-electron chi connectivity index (χ0n) is 35.2. The van der Waals surface area contributed by atoms with Gasteiger partial charge in [0.25, 0.3) is 11.8 Å². The highest BCUT2D eigenvalue weighted by molar-refractivity contribution is 7.70. The van der Waals surface area contributed by atoms with Crippen LogP contribution < -0.4 is 36.2 Å². The van der Waals surface area contributed by atoms with Gasteiger partial charge in [0.2, 0.25) is 17.8 Å². The number of carbonyl (C=O) groups excluding carboxylic acids is 4. The normalized spacial score (nSPS) is 19.1. The fraction of sp³-hybridized carbons (Fsp3) is 0.409. The largest absolute Gasteiger partial charge is 0.494 e. The van der Waals surface area contributed by atoms with Crippen molar-refractivity contribution in [1.29, 1.82) is 0 Å². The number of carbonyl (C=O) groups is 4. The molecule has 62 heavy (non-hydrogen) atoms. The average Bonchev–Trinajstić information content (AvgIpc) is 3.51. The van der Waals surface area contributed by atoms with E-state index in [0.717, 1.165) is 87.0 Å². The number of anilines is 6. The monoisotopic (exact) mass is 882 g/mol. The first kappa shape index (κ1) is 43.1. The van der Waals surface area contributed by atoms with Crippen LogP contribution in [0.3, 0.4) is 0 Å². The summed E-state index contributed by atoms with van der Waals surface area (Å²) in [5.41, 5.74) is 3.80. The summed E-state index contributed by atoms with van der Waals surface area (Å²) in [6.07, 6.45) is 4.83. The molecule has 16 nitrogen and oxygen atoms in total. The number of methoxy groups -OCH3 is 1. The van der Waals surface area contributed by atoms with E-state index < -0.39 is 36.8 Å². The van der Waals surface area contributed by atoms with Crippen molar-refractivity contribution in [2.75, 3.05) is 93.6 Å². The molecule has 4 N–H and O–H groups in total.